The number of nitrogens with zero attached hydrogens (tertiary/aromatic N) is 1. The van der Waals surface area contributed by atoms with Gasteiger partial charge in [0.2, 0.25) is 5.91 Å². The van der Waals surface area contributed by atoms with E-state index in [0.29, 0.717) is 31.8 Å². The molecular formula is C16H21FN2O2. The number of ether oxygens (including phenoxy) is 1. The van der Waals surface area contributed by atoms with Gasteiger partial charge in [0.15, 0.2) is 0 Å². The molecule has 4 nitrogen and oxygen atoms in total. The minimum absolute atomic E-state index is 0.0203. The lowest BCUT2D eigenvalue weighted by Gasteiger charge is -2.37. The van der Waals surface area contributed by atoms with E-state index in [1.54, 1.807) is 12.1 Å². The average Bonchev–Trinajstić information content (AvgIpc) is 2.96. The number of carbonyl (C=O) groups excluding carboxylic acids is 1. The zero-order chi connectivity index (χ0) is 14.7. The second kappa shape index (κ2) is 6.54. The highest BCUT2D eigenvalue weighted by Gasteiger charge is 2.36. The van der Waals surface area contributed by atoms with E-state index in [4.69, 9.17) is 4.74 Å². The van der Waals surface area contributed by atoms with Crippen molar-refractivity contribution < 1.29 is 13.9 Å². The fraction of sp³-hybridized carbons (Fsp3) is 0.562. The van der Waals surface area contributed by atoms with Gasteiger partial charge in [0.05, 0.1) is 19.3 Å². The second-order valence-corrected chi connectivity index (χ2v) is 5.78. The van der Waals surface area contributed by atoms with Gasteiger partial charge >= 0.3 is 0 Å². The van der Waals surface area contributed by atoms with Gasteiger partial charge in [-0.3, -0.25) is 9.69 Å². The summed E-state index contributed by atoms with van der Waals surface area (Å²) in [5.41, 5.74) is 0.908. The lowest BCUT2D eigenvalue weighted by atomic mass is 10.1. The Hall–Kier alpha value is -1.46. The van der Waals surface area contributed by atoms with Crippen molar-refractivity contribution in [2.75, 3.05) is 19.7 Å². The second-order valence-electron chi connectivity index (χ2n) is 5.78. The zero-order valence-electron chi connectivity index (χ0n) is 12.1. The van der Waals surface area contributed by atoms with Crippen LogP contribution in [-0.4, -0.2) is 42.6 Å². The highest BCUT2D eigenvalue weighted by Crippen LogP contribution is 2.29. The summed E-state index contributed by atoms with van der Waals surface area (Å²) < 4.78 is 18.6. The van der Waals surface area contributed by atoms with E-state index < -0.39 is 0 Å². The molecule has 1 saturated carbocycles. The molecule has 114 valence electrons. The zero-order valence-corrected chi connectivity index (χ0v) is 12.1. The first kappa shape index (κ1) is 14.5. The van der Waals surface area contributed by atoms with Crippen LogP contribution in [0.1, 0.15) is 24.8 Å². The number of carbonyl (C=O) groups is 1. The maximum atomic E-state index is 12.8. The van der Waals surface area contributed by atoms with Crippen molar-refractivity contribution in [3.05, 3.63) is 35.6 Å². The Morgan fingerprint density at radius 3 is 2.95 bits per heavy atom. The largest absolute Gasteiger partial charge is 0.375 e. The SMILES string of the molecule is O=C(CN1CCOC2CCCC21)NCc1ccc(F)cc1. The number of halogens is 1. The van der Waals surface area contributed by atoms with Crippen molar-refractivity contribution in [2.45, 2.75) is 38.0 Å². The molecular weight excluding hydrogens is 271 g/mol. The van der Waals surface area contributed by atoms with Gasteiger partial charge < -0.3 is 10.1 Å². The molecule has 0 aromatic heterocycles. The first-order chi connectivity index (χ1) is 10.2. The van der Waals surface area contributed by atoms with Crippen LogP contribution in [0.5, 0.6) is 0 Å². The standard InChI is InChI=1S/C16H21FN2O2/c17-13-6-4-12(5-7-13)10-18-16(20)11-19-8-9-21-15-3-1-2-14(15)19/h4-7,14-15H,1-3,8-11H2,(H,18,20). The Balaban J connectivity index is 1.48. The molecule has 1 saturated heterocycles. The molecule has 1 aliphatic heterocycles. The maximum Gasteiger partial charge on any atom is 0.234 e. The number of fused-ring (bicyclic) bond motifs is 1. The predicted molar refractivity (Wildman–Crippen MR) is 77.2 cm³/mol. The van der Waals surface area contributed by atoms with E-state index in [1.807, 2.05) is 0 Å². The molecule has 1 aliphatic carbocycles. The molecule has 1 N–H and O–H groups in total. The molecule has 1 heterocycles. The van der Waals surface area contributed by atoms with Crippen LogP contribution in [0.4, 0.5) is 4.39 Å². The summed E-state index contributed by atoms with van der Waals surface area (Å²) in [7, 11) is 0. The fourth-order valence-electron chi connectivity index (χ4n) is 3.25. The number of hydrogen-bond donors (Lipinski definition) is 1. The first-order valence-electron chi connectivity index (χ1n) is 7.59. The smallest absolute Gasteiger partial charge is 0.234 e. The van der Waals surface area contributed by atoms with Gasteiger partial charge in [-0.25, -0.2) is 4.39 Å². The van der Waals surface area contributed by atoms with E-state index in [9.17, 15) is 9.18 Å². The van der Waals surface area contributed by atoms with Crippen LogP contribution in [0.25, 0.3) is 0 Å². The number of benzene rings is 1. The van der Waals surface area contributed by atoms with Crippen LogP contribution in [0.15, 0.2) is 24.3 Å². The molecule has 2 fully saturated rings. The molecule has 0 radical (unpaired) electrons. The van der Waals surface area contributed by atoms with Crippen LogP contribution in [-0.2, 0) is 16.1 Å². The quantitative estimate of drug-likeness (QED) is 0.918. The molecule has 1 amide bonds. The summed E-state index contributed by atoms with van der Waals surface area (Å²) in [6, 6.07) is 6.60. The van der Waals surface area contributed by atoms with Gasteiger partial charge in [-0.2, -0.15) is 0 Å². The van der Waals surface area contributed by atoms with E-state index in [0.717, 1.165) is 24.9 Å². The average molecular weight is 292 g/mol. The van der Waals surface area contributed by atoms with Gasteiger partial charge in [-0.1, -0.05) is 12.1 Å². The predicted octanol–water partition coefficient (Wildman–Crippen LogP) is 1.70. The molecule has 1 aromatic carbocycles. The van der Waals surface area contributed by atoms with Crippen LogP contribution >= 0.6 is 0 Å². The van der Waals surface area contributed by atoms with Crippen LogP contribution in [0.3, 0.4) is 0 Å². The Bertz CT molecular complexity index is 492. The van der Waals surface area contributed by atoms with Crippen molar-refractivity contribution in [1.29, 1.82) is 0 Å². The molecule has 2 aliphatic rings. The van der Waals surface area contributed by atoms with Gasteiger partial charge in [0.25, 0.3) is 0 Å². The van der Waals surface area contributed by atoms with Crippen LogP contribution < -0.4 is 5.32 Å². The topological polar surface area (TPSA) is 41.6 Å². The Morgan fingerprint density at radius 2 is 2.14 bits per heavy atom. The van der Waals surface area contributed by atoms with Crippen LogP contribution in [0.2, 0.25) is 0 Å². The van der Waals surface area contributed by atoms with Crippen molar-refractivity contribution in [3.8, 4) is 0 Å². The molecule has 5 heteroatoms. The highest BCUT2D eigenvalue weighted by molar-refractivity contribution is 5.78. The Labute approximate surface area is 124 Å². The maximum absolute atomic E-state index is 12.8. The lowest BCUT2D eigenvalue weighted by Crippen LogP contribution is -2.51. The molecule has 21 heavy (non-hydrogen) atoms. The van der Waals surface area contributed by atoms with E-state index in [1.165, 1.54) is 18.6 Å². The van der Waals surface area contributed by atoms with Gasteiger partial charge in [0.1, 0.15) is 5.82 Å². The summed E-state index contributed by atoms with van der Waals surface area (Å²) in [5, 5.41) is 2.90. The van der Waals surface area contributed by atoms with Crippen molar-refractivity contribution in [2.24, 2.45) is 0 Å². The number of hydrogen-bond acceptors (Lipinski definition) is 3. The lowest BCUT2D eigenvalue weighted by molar-refractivity contribution is -0.126. The molecule has 2 atom stereocenters. The minimum Gasteiger partial charge on any atom is -0.375 e. The number of nitrogens with one attached hydrogen (secondary N) is 1. The van der Waals surface area contributed by atoms with Crippen molar-refractivity contribution >= 4 is 5.91 Å². The number of amides is 1. The third-order valence-electron chi connectivity index (χ3n) is 4.35. The molecule has 1 aromatic rings. The van der Waals surface area contributed by atoms with Gasteiger partial charge in [0, 0.05) is 19.1 Å². The van der Waals surface area contributed by atoms with E-state index in [-0.39, 0.29) is 11.7 Å². The van der Waals surface area contributed by atoms with E-state index in [2.05, 4.69) is 10.2 Å². The van der Waals surface area contributed by atoms with Crippen molar-refractivity contribution in [3.63, 3.8) is 0 Å². The van der Waals surface area contributed by atoms with Gasteiger partial charge in [-0.15, -0.1) is 0 Å². The monoisotopic (exact) mass is 292 g/mol. The van der Waals surface area contributed by atoms with E-state index >= 15 is 0 Å². The normalized spacial score (nSPS) is 25.6. The first-order valence-corrected chi connectivity index (χ1v) is 7.59. The van der Waals surface area contributed by atoms with Crippen molar-refractivity contribution in [1.82, 2.24) is 10.2 Å². The molecule has 0 bridgehead atoms. The van der Waals surface area contributed by atoms with Crippen LogP contribution in [0, 0.1) is 5.82 Å². The molecule has 3 rings (SSSR count). The Kier molecular flexibility index (Phi) is 4.51. The third-order valence-corrected chi connectivity index (χ3v) is 4.35. The summed E-state index contributed by atoms with van der Waals surface area (Å²) in [6.07, 6.45) is 3.72. The minimum atomic E-state index is -0.259. The molecule has 0 spiro atoms. The Morgan fingerprint density at radius 1 is 1.33 bits per heavy atom. The summed E-state index contributed by atoms with van der Waals surface area (Å²) >= 11 is 0. The summed E-state index contributed by atoms with van der Waals surface area (Å²) in [4.78, 5) is 14.3. The number of morpholine rings is 1. The third kappa shape index (κ3) is 3.60. The van der Waals surface area contributed by atoms with Gasteiger partial charge in [-0.05, 0) is 37.0 Å². The fourth-order valence-corrected chi connectivity index (χ4v) is 3.25. The summed E-state index contributed by atoms with van der Waals surface area (Å²) in [6.45, 7) is 2.40. The highest BCUT2D eigenvalue weighted by atomic mass is 19.1. The molecule has 2 unspecified atom stereocenters. The summed E-state index contributed by atoms with van der Waals surface area (Å²) in [5.74, 6) is -0.238. The number of rotatable bonds is 4.